The number of nitrogens with zero attached hydrogens (tertiary/aromatic N) is 3. The van der Waals surface area contributed by atoms with Gasteiger partial charge >= 0.3 is 0 Å². The van der Waals surface area contributed by atoms with Crippen molar-refractivity contribution in [2.45, 2.75) is 14.9 Å². The van der Waals surface area contributed by atoms with Gasteiger partial charge in [-0.2, -0.15) is 0 Å². The van der Waals surface area contributed by atoms with Crippen LogP contribution in [-0.2, 0) is 17.1 Å². The number of sulfonamides is 1. The van der Waals surface area contributed by atoms with Crippen molar-refractivity contribution in [1.29, 1.82) is 0 Å². The number of nitrogens with one attached hydrogen (secondary N) is 1. The molecule has 0 bridgehead atoms. The van der Waals surface area contributed by atoms with Crippen LogP contribution in [-0.4, -0.2) is 23.2 Å². The fourth-order valence-corrected chi connectivity index (χ4v) is 4.28. The molecule has 3 rings (SSSR count). The molecular weight excluding hydrogens is 368 g/mol. The topological polar surface area (TPSA) is 76.9 Å². The summed E-state index contributed by atoms with van der Waals surface area (Å²) in [5, 5.41) is 8.74. The third-order valence-electron chi connectivity index (χ3n) is 3.11. The van der Waals surface area contributed by atoms with Gasteiger partial charge in [-0.1, -0.05) is 23.7 Å². The van der Waals surface area contributed by atoms with E-state index in [4.69, 9.17) is 11.6 Å². The van der Waals surface area contributed by atoms with Gasteiger partial charge < -0.3 is 4.57 Å². The molecule has 0 unspecified atom stereocenters. The molecule has 124 valence electrons. The lowest BCUT2D eigenvalue weighted by atomic mass is 10.3. The quantitative estimate of drug-likeness (QED) is 0.733. The molecule has 0 fully saturated rings. The molecule has 6 nitrogen and oxygen atoms in total. The van der Waals surface area contributed by atoms with Crippen LogP contribution in [0.15, 0.2) is 69.8 Å². The third-order valence-corrected chi connectivity index (χ3v) is 6.05. The predicted molar refractivity (Wildman–Crippen MR) is 93.8 cm³/mol. The number of halogens is 1. The maximum atomic E-state index is 12.4. The van der Waals surface area contributed by atoms with Crippen molar-refractivity contribution in [2.24, 2.45) is 7.05 Å². The van der Waals surface area contributed by atoms with Gasteiger partial charge in [-0.15, -0.1) is 10.2 Å². The van der Waals surface area contributed by atoms with Crippen LogP contribution in [0.2, 0.25) is 5.02 Å². The lowest BCUT2D eigenvalue weighted by Crippen LogP contribution is -2.13. The van der Waals surface area contributed by atoms with E-state index < -0.39 is 10.0 Å². The summed E-state index contributed by atoms with van der Waals surface area (Å²) in [5.74, 6) is 0. The molecule has 0 saturated carbocycles. The van der Waals surface area contributed by atoms with E-state index in [1.54, 1.807) is 35.2 Å². The van der Waals surface area contributed by atoms with E-state index in [2.05, 4.69) is 14.9 Å². The van der Waals surface area contributed by atoms with E-state index in [1.807, 2.05) is 19.2 Å². The second-order valence-corrected chi connectivity index (χ2v) is 7.99. The number of hydrogen-bond acceptors (Lipinski definition) is 5. The number of hydrogen-bond donors (Lipinski definition) is 1. The molecule has 0 atom stereocenters. The summed E-state index contributed by atoms with van der Waals surface area (Å²) >= 11 is 7.39. The maximum absolute atomic E-state index is 12.4. The molecule has 0 aliphatic carbocycles. The van der Waals surface area contributed by atoms with Gasteiger partial charge in [0.25, 0.3) is 10.0 Å². The molecule has 1 heterocycles. The maximum Gasteiger partial charge on any atom is 0.263 e. The van der Waals surface area contributed by atoms with Crippen molar-refractivity contribution in [2.75, 3.05) is 4.72 Å². The number of rotatable bonds is 5. The third kappa shape index (κ3) is 3.72. The van der Waals surface area contributed by atoms with Gasteiger partial charge in [-0.3, -0.25) is 4.72 Å². The summed E-state index contributed by atoms with van der Waals surface area (Å²) in [4.78, 5) is 0.969. The molecule has 0 aliphatic rings. The Labute approximate surface area is 148 Å². The van der Waals surface area contributed by atoms with Gasteiger partial charge in [0.15, 0.2) is 5.16 Å². The normalized spacial score (nSPS) is 11.4. The lowest BCUT2D eigenvalue weighted by Gasteiger charge is -2.10. The monoisotopic (exact) mass is 380 g/mol. The van der Waals surface area contributed by atoms with Gasteiger partial charge in [0.1, 0.15) is 11.2 Å². The summed E-state index contributed by atoms with van der Waals surface area (Å²) in [6.07, 6.45) is 1.62. The number of anilines is 1. The Hall–Kier alpha value is -2.03. The van der Waals surface area contributed by atoms with E-state index in [9.17, 15) is 8.42 Å². The van der Waals surface area contributed by atoms with E-state index in [1.165, 1.54) is 23.9 Å². The average molecular weight is 381 g/mol. The minimum Gasteiger partial charge on any atom is -0.311 e. The van der Waals surface area contributed by atoms with Crippen LogP contribution in [0.25, 0.3) is 0 Å². The fourth-order valence-electron chi connectivity index (χ4n) is 1.93. The zero-order chi connectivity index (χ0) is 17.2. The summed E-state index contributed by atoms with van der Waals surface area (Å²) in [5.41, 5.74) is 0.456. The summed E-state index contributed by atoms with van der Waals surface area (Å²) in [7, 11) is -1.87. The van der Waals surface area contributed by atoms with E-state index >= 15 is 0 Å². The Morgan fingerprint density at radius 3 is 2.46 bits per heavy atom. The zero-order valence-electron chi connectivity index (χ0n) is 12.5. The number of aromatic nitrogens is 3. The molecule has 9 heteroatoms. The van der Waals surface area contributed by atoms with Crippen LogP contribution >= 0.6 is 23.4 Å². The molecule has 2 aromatic carbocycles. The minimum absolute atomic E-state index is 0.0456. The minimum atomic E-state index is -3.73. The Morgan fingerprint density at radius 1 is 1.12 bits per heavy atom. The second-order valence-electron chi connectivity index (χ2n) is 4.89. The highest BCUT2D eigenvalue weighted by Gasteiger charge is 2.17. The highest BCUT2D eigenvalue weighted by atomic mass is 35.5. The van der Waals surface area contributed by atoms with Crippen LogP contribution in [0.3, 0.4) is 0 Å². The SMILES string of the molecule is Cn1cnnc1Sc1ccc(NS(=O)(=O)c2ccccc2Cl)cc1. The summed E-state index contributed by atoms with van der Waals surface area (Å²) < 4.78 is 29.1. The van der Waals surface area contributed by atoms with Gasteiger partial charge in [-0.05, 0) is 48.2 Å². The van der Waals surface area contributed by atoms with Crippen molar-refractivity contribution in [3.05, 3.63) is 59.9 Å². The highest BCUT2D eigenvalue weighted by molar-refractivity contribution is 7.99. The van der Waals surface area contributed by atoms with E-state index in [-0.39, 0.29) is 9.92 Å². The number of aryl methyl sites for hydroxylation is 1. The smallest absolute Gasteiger partial charge is 0.263 e. The van der Waals surface area contributed by atoms with Gasteiger partial charge in [-0.25, -0.2) is 8.42 Å². The molecule has 3 aromatic rings. The summed E-state index contributed by atoms with van der Waals surface area (Å²) in [6.45, 7) is 0. The van der Waals surface area contributed by atoms with Gasteiger partial charge in [0.2, 0.25) is 0 Å². The summed E-state index contributed by atoms with van der Waals surface area (Å²) in [6, 6.07) is 13.3. The van der Waals surface area contributed by atoms with Gasteiger partial charge in [0, 0.05) is 17.6 Å². The van der Waals surface area contributed by atoms with Crippen molar-refractivity contribution in [3.8, 4) is 0 Å². The molecule has 0 amide bonds. The van der Waals surface area contributed by atoms with Crippen molar-refractivity contribution in [1.82, 2.24) is 14.8 Å². The van der Waals surface area contributed by atoms with Crippen LogP contribution in [0, 0.1) is 0 Å². The Bertz CT molecular complexity index is 956. The Morgan fingerprint density at radius 2 is 1.83 bits per heavy atom. The van der Waals surface area contributed by atoms with E-state index in [0.29, 0.717) is 5.69 Å². The first-order valence-corrected chi connectivity index (χ1v) is 9.53. The average Bonchev–Trinajstić information content (AvgIpc) is 2.94. The molecule has 0 saturated heterocycles. The van der Waals surface area contributed by atoms with Crippen LogP contribution in [0.4, 0.5) is 5.69 Å². The Balaban J connectivity index is 1.77. The predicted octanol–water partition coefficient (Wildman–Crippen LogP) is 3.42. The molecular formula is C15H13ClN4O2S2. The first-order chi connectivity index (χ1) is 11.5. The lowest BCUT2D eigenvalue weighted by molar-refractivity contribution is 0.601. The Kier molecular flexibility index (Phi) is 4.79. The molecule has 0 aliphatic heterocycles. The molecule has 1 aromatic heterocycles. The second kappa shape index (κ2) is 6.84. The van der Waals surface area contributed by atoms with Crippen LogP contribution in [0.5, 0.6) is 0 Å². The van der Waals surface area contributed by atoms with Crippen LogP contribution < -0.4 is 4.72 Å². The van der Waals surface area contributed by atoms with Gasteiger partial charge in [0.05, 0.1) is 5.02 Å². The molecule has 0 spiro atoms. The first kappa shape index (κ1) is 16.8. The molecule has 1 N–H and O–H groups in total. The highest BCUT2D eigenvalue weighted by Crippen LogP contribution is 2.28. The fraction of sp³-hybridized carbons (Fsp3) is 0.0667. The zero-order valence-corrected chi connectivity index (χ0v) is 14.9. The standard InChI is InChI=1S/C15H13ClN4O2S2/c1-20-10-17-18-15(20)23-12-8-6-11(7-9-12)19-24(21,22)14-5-3-2-4-13(14)16/h2-10,19H,1H3. The van der Waals surface area contributed by atoms with Crippen LogP contribution in [0.1, 0.15) is 0 Å². The van der Waals surface area contributed by atoms with Crippen molar-refractivity contribution >= 4 is 39.1 Å². The van der Waals surface area contributed by atoms with E-state index in [0.717, 1.165) is 10.1 Å². The molecule has 24 heavy (non-hydrogen) atoms. The molecule has 0 radical (unpaired) electrons. The largest absolute Gasteiger partial charge is 0.311 e. The first-order valence-electron chi connectivity index (χ1n) is 6.85. The van der Waals surface area contributed by atoms with Crippen molar-refractivity contribution in [3.63, 3.8) is 0 Å². The van der Waals surface area contributed by atoms with Crippen molar-refractivity contribution < 1.29 is 8.42 Å². The number of benzene rings is 2.